The number of aromatic nitrogens is 2. The Kier molecular flexibility index (Phi) is 4.21. The zero-order valence-corrected chi connectivity index (χ0v) is 18.4. The van der Waals surface area contributed by atoms with Gasteiger partial charge in [-0.15, -0.1) is 0 Å². The fourth-order valence-corrected chi connectivity index (χ4v) is 5.33. The molecule has 1 saturated heterocycles. The molecule has 4 heterocycles. The van der Waals surface area contributed by atoms with Crippen LogP contribution >= 0.6 is 12.2 Å². The normalized spacial score (nSPS) is 22.1. The molecular formula is C24H24N4O2S. The molecule has 6 nitrogen and oxygen atoms in total. The molecule has 158 valence electrons. The van der Waals surface area contributed by atoms with Crippen molar-refractivity contribution in [3.63, 3.8) is 0 Å². The Hall–Kier alpha value is -3.06. The highest BCUT2D eigenvalue weighted by molar-refractivity contribution is 7.80. The smallest absolute Gasteiger partial charge is 0.231 e. The Morgan fingerprint density at radius 3 is 2.68 bits per heavy atom. The van der Waals surface area contributed by atoms with E-state index >= 15 is 0 Å². The van der Waals surface area contributed by atoms with Gasteiger partial charge in [0.1, 0.15) is 0 Å². The molecule has 1 aromatic carbocycles. The predicted octanol–water partition coefficient (Wildman–Crippen LogP) is 4.74. The van der Waals surface area contributed by atoms with Crippen molar-refractivity contribution in [1.29, 1.82) is 0 Å². The van der Waals surface area contributed by atoms with E-state index in [1.807, 2.05) is 30.5 Å². The minimum atomic E-state index is -0.0488. The Morgan fingerprint density at radius 1 is 1.06 bits per heavy atom. The molecule has 0 spiro atoms. The predicted molar refractivity (Wildman–Crippen MR) is 123 cm³/mol. The molecule has 3 aromatic rings. The Balaban J connectivity index is 1.50. The van der Waals surface area contributed by atoms with E-state index in [0.717, 1.165) is 22.9 Å². The van der Waals surface area contributed by atoms with Gasteiger partial charge >= 0.3 is 0 Å². The molecule has 0 bridgehead atoms. The second kappa shape index (κ2) is 6.99. The minimum absolute atomic E-state index is 0.0125. The van der Waals surface area contributed by atoms with Gasteiger partial charge in [-0.1, -0.05) is 6.07 Å². The molecule has 2 aliphatic heterocycles. The topological polar surface area (TPSA) is 51.6 Å². The first-order valence-corrected chi connectivity index (χ1v) is 11.1. The van der Waals surface area contributed by atoms with Crippen LogP contribution in [-0.2, 0) is 0 Å². The van der Waals surface area contributed by atoms with Crippen LogP contribution in [0.3, 0.4) is 0 Å². The summed E-state index contributed by atoms with van der Waals surface area (Å²) in [5.41, 5.74) is 5.86. The van der Waals surface area contributed by atoms with E-state index in [9.17, 15) is 0 Å². The van der Waals surface area contributed by atoms with Crippen molar-refractivity contribution >= 4 is 23.0 Å². The standard InChI is InChI=1S/C24H24N4O2S/c1-14-11-18(15(2)27(14)16-6-7-16)23-22(19-5-3-4-10-25-19)26-24(31)28(23)17-8-9-20-21(12-17)30-13-29-20/h3-5,8-12,16,22-23H,6-7,13H2,1-2H3,(H,26,31)/t22-,23+/m1/s1. The van der Waals surface area contributed by atoms with Crippen molar-refractivity contribution in [2.24, 2.45) is 0 Å². The number of aryl methyl sites for hydroxylation is 1. The number of anilines is 1. The van der Waals surface area contributed by atoms with Gasteiger partial charge in [-0.25, -0.2) is 0 Å². The van der Waals surface area contributed by atoms with Crippen molar-refractivity contribution in [2.45, 2.75) is 44.8 Å². The van der Waals surface area contributed by atoms with Crippen molar-refractivity contribution in [1.82, 2.24) is 14.9 Å². The Morgan fingerprint density at radius 2 is 1.90 bits per heavy atom. The largest absolute Gasteiger partial charge is 0.454 e. The van der Waals surface area contributed by atoms with E-state index in [4.69, 9.17) is 21.7 Å². The summed E-state index contributed by atoms with van der Waals surface area (Å²) in [6.45, 7) is 4.69. The molecule has 1 N–H and O–H groups in total. The summed E-state index contributed by atoms with van der Waals surface area (Å²) in [6, 6.07) is 15.0. The quantitative estimate of drug-likeness (QED) is 0.601. The summed E-state index contributed by atoms with van der Waals surface area (Å²) in [5, 5.41) is 4.24. The van der Waals surface area contributed by atoms with Crippen molar-refractivity contribution in [3.05, 3.63) is 71.3 Å². The lowest BCUT2D eigenvalue weighted by molar-refractivity contribution is 0.174. The van der Waals surface area contributed by atoms with Crippen LogP contribution in [0.15, 0.2) is 48.7 Å². The van der Waals surface area contributed by atoms with Gasteiger partial charge in [-0.3, -0.25) is 4.98 Å². The minimum Gasteiger partial charge on any atom is -0.454 e. The number of benzene rings is 1. The van der Waals surface area contributed by atoms with Gasteiger partial charge < -0.3 is 24.3 Å². The number of nitrogens with zero attached hydrogens (tertiary/aromatic N) is 3. The van der Waals surface area contributed by atoms with Crippen LogP contribution in [0.5, 0.6) is 11.5 Å². The molecule has 0 amide bonds. The molecular weight excluding hydrogens is 408 g/mol. The van der Waals surface area contributed by atoms with E-state index in [1.54, 1.807) is 0 Å². The molecule has 0 radical (unpaired) electrons. The lowest BCUT2D eigenvalue weighted by Crippen LogP contribution is -2.29. The molecule has 1 aliphatic carbocycles. The van der Waals surface area contributed by atoms with E-state index in [-0.39, 0.29) is 18.9 Å². The van der Waals surface area contributed by atoms with E-state index in [0.29, 0.717) is 11.2 Å². The van der Waals surface area contributed by atoms with Crippen LogP contribution in [0.1, 0.15) is 53.6 Å². The summed E-state index contributed by atoms with van der Waals surface area (Å²) in [7, 11) is 0. The number of pyridine rings is 1. The number of nitrogens with one attached hydrogen (secondary N) is 1. The van der Waals surface area contributed by atoms with Gasteiger partial charge in [0, 0.05) is 35.4 Å². The molecule has 6 rings (SSSR count). The first-order valence-electron chi connectivity index (χ1n) is 10.7. The van der Waals surface area contributed by atoms with Crippen LogP contribution in [0, 0.1) is 13.8 Å². The first-order chi connectivity index (χ1) is 15.1. The number of rotatable bonds is 4. The highest BCUT2D eigenvalue weighted by atomic mass is 32.1. The molecule has 3 aliphatic rings. The third-order valence-corrected chi connectivity index (χ3v) is 6.80. The SMILES string of the molecule is Cc1cc([C@H]2[C@@H](c3ccccn3)NC(=S)N2c2ccc3c(c2)OCO3)c(C)n1C1CC1. The van der Waals surface area contributed by atoms with Crippen molar-refractivity contribution in [2.75, 3.05) is 11.7 Å². The Bertz CT molecular complexity index is 1170. The lowest BCUT2D eigenvalue weighted by Gasteiger charge is -2.28. The third kappa shape index (κ3) is 2.98. The number of ether oxygens (including phenoxy) is 2. The fourth-order valence-electron chi connectivity index (χ4n) is 4.98. The number of hydrogen-bond donors (Lipinski definition) is 1. The van der Waals surface area contributed by atoms with Crippen molar-refractivity contribution < 1.29 is 9.47 Å². The summed E-state index contributed by atoms with van der Waals surface area (Å²) < 4.78 is 13.6. The van der Waals surface area contributed by atoms with Gasteiger partial charge in [-0.2, -0.15) is 0 Å². The van der Waals surface area contributed by atoms with Crippen LogP contribution < -0.4 is 19.7 Å². The monoisotopic (exact) mass is 432 g/mol. The van der Waals surface area contributed by atoms with Gasteiger partial charge in [-0.05, 0) is 74.8 Å². The van der Waals surface area contributed by atoms with Gasteiger partial charge in [0.05, 0.1) is 17.8 Å². The molecule has 0 unspecified atom stereocenters. The lowest BCUT2D eigenvalue weighted by atomic mass is 9.96. The van der Waals surface area contributed by atoms with Crippen LogP contribution in [-0.4, -0.2) is 21.5 Å². The molecule has 2 fully saturated rings. The molecule has 7 heteroatoms. The maximum Gasteiger partial charge on any atom is 0.231 e. The zero-order valence-electron chi connectivity index (χ0n) is 17.5. The van der Waals surface area contributed by atoms with E-state index in [2.05, 4.69) is 51.8 Å². The molecule has 2 atom stereocenters. The zero-order chi connectivity index (χ0) is 21.1. The van der Waals surface area contributed by atoms with E-state index in [1.165, 1.54) is 29.8 Å². The molecule has 31 heavy (non-hydrogen) atoms. The third-order valence-electron chi connectivity index (χ3n) is 6.49. The number of hydrogen-bond acceptors (Lipinski definition) is 4. The fraction of sp³-hybridized carbons (Fsp3) is 0.333. The number of thiocarbonyl (C=S) groups is 1. The summed E-state index contributed by atoms with van der Waals surface area (Å²) >= 11 is 5.86. The average Bonchev–Trinajstić information content (AvgIpc) is 3.27. The van der Waals surface area contributed by atoms with Gasteiger partial charge in [0.25, 0.3) is 0 Å². The van der Waals surface area contributed by atoms with Gasteiger partial charge in [0.2, 0.25) is 6.79 Å². The van der Waals surface area contributed by atoms with Gasteiger partial charge in [0.15, 0.2) is 16.6 Å². The maximum absolute atomic E-state index is 5.86. The first kappa shape index (κ1) is 18.7. The molecule has 2 aromatic heterocycles. The van der Waals surface area contributed by atoms with Crippen LogP contribution in [0.2, 0.25) is 0 Å². The van der Waals surface area contributed by atoms with Crippen LogP contribution in [0.25, 0.3) is 0 Å². The second-order valence-corrected chi connectivity index (χ2v) is 8.85. The highest BCUT2D eigenvalue weighted by Gasteiger charge is 2.43. The molecule has 1 saturated carbocycles. The summed E-state index contributed by atoms with van der Waals surface area (Å²) in [4.78, 5) is 6.87. The number of fused-ring (bicyclic) bond motifs is 1. The van der Waals surface area contributed by atoms with E-state index < -0.39 is 0 Å². The highest BCUT2D eigenvalue weighted by Crippen LogP contribution is 2.47. The van der Waals surface area contributed by atoms with Crippen molar-refractivity contribution in [3.8, 4) is 11.5 Å². The van der Waals surface area contributed by atoms with Crippen LogP contribution in [0.4, 0.5) is 5.69 Å². The second-order valence-electron chi connectivity index (χ2n) is 8.46. The average molecular weight is 433 g/mol. The Labute approximate surface area is 186 Å². The summed E-state index contributed by atoms with van der Waals surface area (Å²) in [5.74, 6) is 1.52. The maximum atomic E-state index is 5.86. The summed E-state index contributed by atoms with van der Waals surface area (Å²) in [6.07, 6.45) is 4.35.